The molecule has 0 radical (unpaired) electrons. The molecule has 0 aliphatic rings. The van der Waals surface area contributed by atoms with Crippen LogP contribution in [0, 0.1) is 0 Å². The van der Waals surface area contributed by atoms with Crippen molar-refractivity contribution in [2.45, 2.75) is 13.0 Å². The van der Waals surface area contributed by atoms with E-state index in [4.69, 9.17) is 11.6 Å². The molecule has 1 N–H and O–H groups in total. The zero-order valence-corrected chi connectivity index (χ0v) is 10.4. The van der Waals surface area contributed by atoms with Crippen molar-refractivity contribution in [1.29, 1.82) is 0 Å². The summed E-state index contributed by atoms with van der Waals surface area (Å²) in [6.45, 7) is 2.91. The van der Waals surface area contributed by atoms with E-state index in [1.54, 1.807) is 12.5 Å². The van der Waals surface area contributed by atoms with E-state index in [1.165, 1.54) is 0 Å². The lowest BCUT2D eigenvalue weighted by Gasteiger charge is -2.18. The molecule has 0 spiro atoms. The molecule has 2 aromatic rings. The normalized spacial score (nSPS) is 12.4. The van der Waals surface area contributed by atoms with Crippen molar-refractivity contribution in [3.63, 3.8) is 0 Å². The lowest BCUT2D eigenvalue weighted by atomic mass is 10.0. The Kier molecular flexibility index (Phi) is 4.07. The minimum Gasteiger partial charge on any atom is -0.305 e. The van der Waals surface area contributed by atoms with E-state index in [0.29, 0.717) is 0 Å². The van der Waals surface area contributed by atoms with Crippen LogP contribution >= 0.6 is 11.6 Å². The van der Waals surface area contributed by atoms with Crippen molar-refractivity contribution >= 4 is 11.6 Å². The predicted octanol–water partition coefficient (Wildman–Crippen LogP) is 2.83. The van der Waals surface area contributed by atoms with Crippen LogP contribution in [0.5, 0.6) is 0 Å². The summed E-state index contributed by atoms with van der Waals surface area (Å²) in [6.07, 6.45) is 3.29. The number of nitrogens with one attached hydrogen (secondary N) is 1. The van der Waals surface area contributed by atoms with Crippen LogP contribution in [0.4, 0.5) is 0 Å². The van der Waals surface area contributed by atoms with E-state index >= 15 is 0 Å². The van der Waals surface area contributed by atoms with E-state index < -0.39 is 0 Å². The minimum atomic E-state index is 0.0108. The van der Waals surface area contributed by atoms with E-state index in [0.717, 1.165) is 22.8 Å². The first kappa shape index (κ1) is 12.0. The van der Waals surface area contributed by atoms with Crippen LogP contribution in [0.2, 0.25) is 5.02 Å². The minimum absolute atomic E-state index is 0.0108. The lowest BCUT2D eigenvalue weighted by molar-refractivity contribution is 0.614. The number of rotatable bonds is 4. The maximum absolute atomic E-state index is 6.22. The molecule has 4 heteroatoms. The van der Waals surface area contributed by atoms with Crippen LogP contribution in [0.25, 0.3) is 0 Å². The molecule has 0 aliphatic heterocycles. The average molecular weight is 248 g/mol. The Morgan fingerprint density at radius 1 is 1.29 bits per heavy atom. The van der Waals surface area contributed by atoms with Crippen LogP contribution in [-0.2, 0) is 0 Å². The number of nitrogens with zero attached hydrogens (tertiary/aromatic N) is 2. The Bertz CT molecular complexity index is 473. The monoisotopic (exact) mass is 247 g/mol. The van der Waals surface area contributed by atoms with Gasteiger partial charge in [-0.15, -0.1) is 0 Å². The second-order valence-electron chi connectivity index (χ2n) is 3.65. The summed E-state index contributed by atoms with van der Waals surface area (Å²) in [7, 11) is 0. The quantitative estimate of drug-likeness (QED) is 0.903. The summed E-state index contributed by atoms with van der Waals surface area (Å²) in [5, 5.41) is 4.13. The molecule has 0 saturated heterocycles. The van der Waals surface area contributed by atoms with Gasteiger partial charge in [-0.2, -0.15) is 0 Å². The molecular weight excluding hydrogens is 234 g/mol. The molecule has 88 valence electrons. The molecule has 0 aliphatic carbocycles. The molecule has 2 rings (SSSR count). The number of aromatic nitrogens is 2. The maximum atomic E-state index is 6.22. The van der Waals surface area contributed by atoms with Crippen LogP contribution in [0.3, 0.4) is 0 Å². The smallest absolute Gasteiger partial charge is 0.115 e. The SMILES string of the molecule is CCNC(c1ccncn1)c1ccccc1Cl. The number of hydrogen-bond donors (Lipinski definition) is 1. The summed E-state index contributed by atoms with van der Waals surface area (Å²) in [5.41, 5.74) is 1.96. The Labute approximate surface area is 106 Å². The third-order valence-corrected chi connectivity index (χ3v) is 2.87. The van der Waals surface area contributed by atoms with Gasteiger partial charge in [0.25, 0.3) is 0 Å². The third kappa shape index (κ3) is 2.81. The molecule has 3 nitrogen and oxygen atoms in total. The number of halogens is 1. The van der Waals surface area contributed by atoms with E-state index in [9.17, 15) is 0 Å². The Balaban J connectivity index is 2.39. The van der Waals surface area contributed by atoms with Gasteiger partial charge in [0.15, 0.2) is 0 Å². The fourth-order valence-corrected chi connectivity index (χ4v) is 2.00. The van der Waals surface area contributed by atoms with E-state index in [-0.39, 0.29) is 6.04 Å². The molecule has 0 amide bonds. The van der Waals surface area contributed by atoms with Crippen LogP contribution < -0.4 is 5.32 Å². The van der Waals surface area contributed by atoms with Crippen LogP contribution in [0.15, 0.2) is 42.9 Å². The van der Waals surface area contributed by atoms with Gasteiger partial charge >= 0.3 is 0 Å². The molecule has 1 unspecified atom stereocenters. The van der Waals surface area contributed by atoms with Crippen molar-refractivity contribution < 1.29 is 0 Å². The first-order valence-electron chi connectivity index (χ1n) is 5.56. The van der Waals surface area contributed by atoms with E-state index in [2.05, 4.69) is 22.2 Å². The van der Waals surface area contributed by atoms with Gasteiger partial charge in [-0.25, -0.2) is 9.97 Å². The molecule has 17 heavy (non-hydrogen) atoms. The van der Waals surface area contributed by atoms with Gasteiger partial charge in [0.05, 0.1) is 11.7 Å². The standard InChI is InChI=1S/C13H14ClN3/c1-2-16-13(12-7-8-15-9-17-12)10-5-3-4-6-11(10)14/h3-9,13,16H,2H2,1H3. The summed E-state index contributed by atoms with van der Waals surface area (Å²) in [5.74, 6) is 0. The summed E-state index contributed by atoms with van der Waals surface area (Å²) < 4.78 is 0. The highest BCUT2D eigenvalue weighted by molar-refractivity contribution is 6.31. The summed E-state index contributed by atoms with van der Waals surface area (Å²) in [4.78, 5) is 8.22. The summed E-state index contributed by atoms with van der Waals surface area (Å²) in [6, 6.07) is 9.72. The van der Waals surface area contributed by atoms with Crippen molar-refractivity contribution in [2.24, 2.45) is 0 Å². The summed E-state index contributed by atoms with van der Waals surface area (Å²) >= 11 is 6.22. The highest BCUT2D eigenvalue weighted by Gasteiger charge is 2.16. The molecular formula is C13H14ClN3. The van der Waals surface area contributed by atoms with E-state index in [1.807, 2.05) is 30.3 Å². The molecule has 0 saturated carbocycles. The lowest BCUT2D eigenvalue weighted by Crippen LogP contribution is -2.23. The highest BCUT2D eigenvalue weighted by Crippen LogP contribution is 2.26. The van der Waals surface area contributed by atoms with Crippen molar-refractivity contribution in [3.8, 4) is 0 Å². The number of benzene rings is 1. The fourth-order valence-electron chi connectivity index (χ4n) is 1.76. The Hall–Kier alpha value is -1.45. The second kappa shape index (κ2) is 5.75. The first-order chi connectivity index (χ1) is 8.33. The molecule has 0 bridgehead atoms. The topological polar surface area (TPSA) is 37.8 Å². The van der Waals surface area contributed by atoms with Gasteiger partial charge < -0.3 is 5.32 Å². The largest absolute Gasteiger partial charge is 0.305 e. The molecule has 1 atom stereocenters. The van der Waals surface area contributed by atoms with Gasteiger partial charge in [0.2, 0.25) is 0 Å². The van der Waals surface area contributed by atoms with Gasteiger partial charge in [0.1, 0.15) is 6.33 Å². The Morgan fingerprint density at radius 2 is 2.12 bits per heavy atom. The van der Waals surface area contributed by atoms with Crippen molar-refractivity contribution in [1.82, 2.24) is 15.3 Å². The third-order valence-electron chi connectivity index (χ3n) is 2.53. The highest BCUT2D eigenvalue weighted by atomic mass is 35.5. The molecule has 0 fully saturated rings. The molecule has 1 heterocycles. The zero-order chi connectivity index (χ0) is 12.1. The zero-order valence-electron chi connectivity index (χ0n) is 9.60. The van der Waals surface area contributed by atoms with Gasteiger partial charge in [-0.1, -0.05) is 36.7 Å². The van der Waals surface area contributed by atoms with Gasteiger partial charge in [0, 0.05) is 11.2 Å². The fraction of sp³-hybridized carbons (Fsp3) is 0.231. The maximum Gasteiger partial charge on any atom is 0.115 e. The van der Waals surface area contributed by atoms with Crippen LogP contribution in [-0.4, -0.2) is 16.5 Å². The van der Waals surface area contributed by atoms with Crippen molar-refractivity contribution in [3.05, 3.63) is 59.1 Å². The van der Waals surface area contributed by atoms with Crippen molar-refractivity contribution in [2.75, 3.05) is 6.54 Å². The van der Waals surface area contributed by atoms with Gasteiger partial charge in [-0.3, -0.25) is 0 Å². The van der Waals surface area contributed by atoms with Crippen LogP contribution in [0.1, 0.15) is 24.2 Å². The molecule has 1 aromatic heterocycles. The first-order valence-corrected chi connectivity index (χ1v) is 5.94. The predicted molar refractivity (Wildman–Crippen MR) is 69.0 cm³/mol. The average Bonchev–Trinajstić information content (AvgIpc) is 2.38. The number of hydrogen-bond acceptors (Lipinski definition) is 3. The Morgan fingerprint density at radius 3 is 2.76 bits per heavy atom. The second-order valence-corrected chi connectivity index (χ2v) is 4.05. The molecule has 1 aromatic carbocycles. The van der Waals surface area contributed by atoms with Gasteiger partial charge in [-0.05, 0) is 24.2 Å².